The predicted octanol–water partition coefficient (Wildman–Crippen LogP) is 4.60. The van der Waals surface area contributed by atoms with E-state index in [-0.39, 0.29) is 12.5 Å². The number of rotatable bonds is 4. The number of aliphatic imine (C=N–C) groups is 1. The lowest BCUT2D eigenvalue weighted by Crippen LogP contribution is -2.07. The van der Waals surface area contributed by atoms with Gasteiger partial charge in [0.2, 0.25) is 5.82 Å². The third-order valence-corrected chi connectivity index (χ3v) is 3.21. The van der Waals surface area contributed by atoms with Gasteiger partial charge in [0.15, 0.2) is 23.3 Å². The number of hydrogen-bond acceptors (Lipinski definition) is 1. The average Bonchev–Trinajstić information content (AvgIpc) is 2.55. The molecule has 1 atom stereocenters. The van der Waals surface area contributed by atoms with Crippen molar-refractivity contribution in [3.63, 3.8) is 0 Å². The standard InChI is InChI=1S/C16H12F5N/c1-9(10-5-3-2-4-6-10)7-22-8-11-12(17)14(19)16(21)15(20)13(11)18/h2-6,8-9H,7H2,1H3/t9-/m1/s1. The van der Waals surface area contributed by atoms with Crippen LogP contribution in [-0.4, -0.2) is 12.8 Å². The first-order chi connectivity index (χ1) is 10.4. The Morgan fingerprint density at radius 2 is 1.36 bits per heavy atom. The maximum atomic E-state index is 13.4. The number of benzene rings is 2. The highest BCUT2D eigenvalue weighted by atomic mass is 19.2. The van der Waals surface area contributed by atoms with E-state index in [2.05, 4.69) is 4.99 Å². The summed E-state index contributed by atoms with van der Waals surface area (Å²) in [6.45, 7) is 1.99. The zero-order chi connectivity index (χ0) is 16.3. The first kappa shape index (κ1) is 16.1. The normalized spacial score (nSPS) is 12.8. The molecule has 1 nitrogen and oxygen atoms in total. The van der Waals surface area contributed by atoms with Crippen LogP contribution in [0.5, 0.6) is 0 Å². The van der Waals surface area contributed by atoms with E-state index in [1.807, 2.05) is 37.3 Å². The topological polar surface area (TPSA) is 12.4 Å². The van der Waals surface area contributed by atoms with Crippen molar-refractivity contribution in [1.29, 1.82) is 0 Å². The van der Waals surface area contributed by atoms with Crippen molar-refractivity contribution in [2.24, 2.45) is 4.99 Å². The minimum Gasteiger partial charge on any atom is -0.292 e. The summed E-state index contributed by atoms with van der Waals surface area (Å²) >= 11 is 0. The summed E-state index contributed by atoms with van der Waals surface area (Å²) in [7, 11) is 0. The second-order valence-corrected chi connectivity index (χ2v) is 4.79. The molecule has 0 heterocycles. The van der Waals surface area contributed by atoms with Crippen molar-refractivity contribution in [1.82, 2.24) is 0 Å². The first-order valence-corrected chi connectivity index (χ1v) is 6.49. The van der Waals surface area contributed by atoms with Crippen LogP contribution < -0.4 is 0 Å². The highest BCUT2D eigenvalue weighted by Gasteiger charge is 2.24. The van der Waals surface area contributed by atoms with Crippen LogP contribution in [0.25, 0.3) is 0 Å². The fraction of sp³-hybridized carbons (Fsp3) is 0.188. The molecule has 0 bridgehead atoms. The van der Waals surface area contributed by atoms with E-state index in [0.717, 1.165) is 5.56 Å². The van der Waals surface area contributed by atoms with E-state index < -0.39 is 34.6 Å². The Balaban J connectivity index is 2.21. The predicted molar refractivity (Wildman–Crippen MR) is 73.6 cm³/mol. The van der Waals surface area contributed by atoms with Gasteiger partial charge in [0.1, 0.15) is 0 Å². The largest absolute Gasteiger partial charge is 0.292 e. The van der Waals surface area contributed by atoms with E-state index in [0.29, 0.717) is 6.21 Å². The summed E-state index contributed by atoms with van der Waals surface area (Å²) in [5.41, 5.74) is -0.0753. The molecule has 116 valence electrons. The van der Waals surface area contributed by atoms with Gasteiger partial charge in [-0.3, -0.25) is 4.99 Å². The summed E-state index contributed by atoms with van der Waals surface area (Å²) in [6.07, 6.45) is 0.676. The van der Waals surface area contributed by atoms with Gasteiger partial charge < -0.3 is 0 Å². The lowest BCUT2D eigenvalue weighted by atomic mass is 10.0. The molecule has 0 aliphatic rings. The molecule has 22 heavy (non-hydrogen) atoms. The maximum absolute atomic E-state index is 13.4. The van der Waals surface area contributed by atoms with Gasteiger partial charge in [0.05, 0.1) is 5.56 Å². The molecule has 0 N–H and O–H groups in total. The van der Waals surface area contributed by atoms with Gasteiger partial charge in [-0.15, -0.1) is 0 Å². The average molecular weight is 313 g/mol. The van der Waals surface area contributed by atoms with Crippen LogP contribution in [0.4, 0.5) is 22.0 Å². The Morgan fingerprint density at radius 1 is 0.864 bits per heavy atom. The smallest absolute Gasteiger partial charge is 0.200 e. The molecule has 0 aliphatic heterocycles. The van der Waals surface area contributed by atoms with Crippen LogP contribution in [0.3, 0.4) is 0 Å². The molecular formula is C16H12F5N. The van der Waals surface area contributed by atoms with E-state index in [9.17, 15) is 22.0 Å². The van der Waals surface area contributed by atoms with Crippen molar-refractivity contribution in [3.8, 4) is 0 Å². The molecule has 0 aromatic heterocycles. The van der Waals surface area contributed by atoms with Gasteiger partial charge in [-0.25, -0.2) is 22.0 Å². The number of hydrogen-bond donors (Lipinski definition) is 0. The molecule has 2 aromatic carbocycles. The zero-order valence-electron chi connectivity index (χ0n) is 11.6. The van der Waals surface area contributed by atoms with Gasteiger partial charge in [0, 0.05) is 18.7 Å². The minimum absolute atomic E-state index is 0.0567. The van der Waals surface area contributed by atoms with Crippen molar-refractivity contribution in [3.05, 3.63) is 70.5 Å². The van der Waals surface area contributed by atoms with E-state index >= 15 is 0 Å². The lowest BCUT2D eigenvalue weighted by Gasteiger charge is -2.08. The summed E-state index contributed by atoms with van der Waals surface area (Å²) in [4.78, 5) is 3.79. The molecule has 0 fully saturated rings. The number of nitrogens with zero attached hydrogens (tertiary/aromatic N) is 1. The van der Waals surface area contributed by atoms with Gasteiger partial charge in [0.25, 0.3) is 0 Å². The molecule has 0 saturated carbocycles. The minimum atomic E-state index is -2.18. The Hall–Kier alpha value is -2.24. The van der Waals surface area contributed by atoms with Gasteiger partial charge in [-0.05, 0) is 5.56 Å². The second kappa shape index (κ2) is 6.68. The summed E-state index contributed by atoms with van der Waals surface area (Å²) in [5, 5.41) is 0. The molecule has 0 unspecified atom stereocenters. The van der Waals surface area contributed by atoms with Crippen molar-refractivity contribution >= 4 is 6.21 Å². The summed E-state index contributed by atoms with van der Waals surface area (Å²) < 4.78 is 65.8. The Morgan fingerprint density at radius 3 is 1.91 bits per heavy atom. The summed E-state index contributed by atoms with van der Waals surface area (Å²) in [5.74, 6) is -9.95. The summed E-state index contributed by atoms with van der Waals surface area (Å²) in [6, 6.07) is 9.23. The molecule has 6 heteroatoms. The van der Waals surface area contributed by atoms with Crippen molar-refractivity contribution in [2.45, 2.75) is 12.8 Å². The van der Waals surface area contributed by atoms with E-state index in [1.54, 1.807) is 0 Å². The molecular weight excluding hydrogens is 301 g/mol. The van der Waals surface area contributed by atoms with E-state index in [4.69, 9.17) is 0 Å². The third-order valence-electron chi connectivity index (χ3n) is 3.21. The highest BCUT2D eigenvalue weighted by molar-refractivity contribution is 5.80. The van der Waals surface area contributed by atoms with E-state index in [1.165, 1.54) is 0 Å². The molecule has 0 spiro atoms. The van der Waals surface area contributed by atoms with Gasteiger partial charge >= 0.3 is 0 Å². The van der Waals surface area contributed by atoms with Crippen LogP contribution in [0.15, 0.2) is 35.3 Å². The molecule has 2 aromatic rings. The van der Waals surface area contributed by atoms with Crippen LogP contribution in [0.2, 0.25) is 0 Å². The Kier molecular flexibility index (Phi) is 4.90. The van der Waals surface area contributed by atoms with Crippen molar-refractivity contribution in [2.75, 3.05) is 6.54 Å². The fourth-order valence-electron chi connectivity index (χ4n) is 1.92. The highest BCUT2D eigenvalue weighted by Crippen LogP contribution is 2.22. The lowest BCUT2D eigenvalue weighted by molar-refractivity contribution is 0.377. The SMILES string of the molecule is C[C@H](CN=Cc1c(F)c(F)c(F)c(F)c1F)c1ccccc1. The van der Waals surface area contributed by atoms with Crippen LogP contribution in [0.1, 0.15) is 24.0 Å². The molecule has 0 amide bonds. The molecule has 0 radical (unpaired) electrons. The Bertz CT molecular complexity index is 668. The van der Waals surface area contributed by atoms with Gasteiger partial charge in [-0.2, -0.15) is 0 Å². The second-order valence-electron chi connectivity index (χ2n) is 4.79. The third kappa shape index (κ3) is 3.16. The Labute approximate surface area is 124 Å². The maximum Gasteiger partial charge on any atom is 0.200 e. The van der Waals surface area contributed by atoms with Gasteiger partial charge in [-0.1, -0.05) is 37.3 Å². The first-order valence-electron chi connectivity index (χ1n) is 6.49. The molecule has 0 saturated heterocycles. The fourth-order valence-corrected chi connectivity index (χ4v) is 1.92. The number of halogens is 5. The van der Waals surface area contributed by atoms with Crippen molar-refractivity contribution < 1.29 is 22.0 Å². The quantitative estimate of drug-likeness (QED) is 0.338. The zero-order valence-corrected chi connectivity index (χ0v) is 11.6. The van der Waals surface area contributed by atoms with Crippen LogP contribution in [-0.2, 0) is 0 Å². The molecule has 0 aliphatic carbocycles. The van der Waals surface area contributed by atoms with Crippen LogP contribution >= 0.6 is 0 Å². The van der Waals surface area contributed by atoms with Crippen LogP contribution in [0, 0.1) is 29.1 Å². The molecule has 2 rings (SSSR count). The monoisotopic (exact) mass is 313 g/mol.